The number of pyridine rings is 1. The van der Waals surface area contributed by atoms with Crippen LogP contribution in [0.4, 0.5) is 15.9 Å². The number of hydrogen-bond donors (Lipinski definition) is 1. The molecule has 0 saturated carbocycles. The molecule has 0 atom stereocenters. The summed E-state index contributed by atoms with van der Waals surface area (Å²) in [7, 11) is 0. The van der Waals surface area contributed by atoms with Crippen LogP contribution in [-0.2, 0) is 6.61 Å². The normalized spacial score (nSPS) is 10.7. The van der Waals surface area contributed by atoms with Crippen molar-refractivity contribution >= 4 is 17.7 Å². The monoisotopic (exact) mass is 366 g/mol. The number of aromatic nitrogens is 1. The Labute approximate surface area is 154 Å². The average molecular weight is 366 g/mol. The topological polar surface area (TPSA) is 89.7 Å². The third-order valence-electron chi connectivity index (χ3n) is 3.58. The van der Waals surface area contributed by atoms with Crippen LogP contribution in [0.25, 0.3) is 0 Å². The van der Waals surface area contributed by atoms with Gasteiger partial charge in [-0.3, -0.25) is 15.5 Å². The molecular formula is C19H15FN4O3. The predicted molar refractivity (Wildman–Crippen MR) is 99.3 cm³/mol. The maximum absolute atomic E-state index is 13.6. The fourth-order valence-electron chi connectivity index (χ4n) is 2.16. The third-order valence-corrected chi connectivity index (χ3v) is 3.58. The van der Waals surface area contributed by atoms with Crippen molar-refractivity contribution in [1.29, 1.82) is 0 Å². The van der Waals surface area contributed by atoms with Crippen molar-refractivity contribution in [1.82, 2.24) is 4.98 Å². The number of hydrogen-bond acceptors (Lipinski definition) is 6. The number of nitrogens with one attached hydrogen (secondary N) is 1. The lowest BCUT2D eigenvalue weighted by Gasteiger charge is -2.07. The van der Waals surface area contributed by atoms with Crippen LogP contribution in [-0.4, -0.2) is 16.1 Å². The van der Waals surface area contributed by atoms with E-state index in [9.17, 15) is 14.5 Å². The van der Waals surface area contributed by atoms with Crippen molar-refractivity contribution < 1.29 is 14.1 Å². The summed E-state index contributed by atoms with van der Waals surface area (Å²) in [5, 5.41) is 14.6. The minimum Gasteiger partial charge on any atom is -0.489 e. The van der Waals surface area contributed by atoms with Crippen LogP contribution in [0, 0.1) is 15.9 Å². The summed E-state index contributed by atoms with van der Waals surface area (Å²) in [4.78, 5) is 13.9. The molecule has 1 aromatic heterocycles. The van der Waals surface area contributed by atoms with Crippen molar-refractivity contribution in [2.45, 2.75) is 6.61 Å². The summed E-state index contributed by atoms with van der Waals surface area (Å²) >= 11 is 0. The third kappa shape index (κ3) is 5.08. The first-order valence-corrected chi connectivity index (χ1v) is 7.97. The second-order valence-electron chi connectivity index (χ2n) is 5.48. The van der Waals surface area contributed by atoms with Gasteiger partial charge in [0, 0.05) is 11.6 Å². The van der Waals surface area contributed by atoms with Gasteiger partial charge in [-0.05, 0) is 42.0 Å². The van der Waals surface area contributed by atoms with Crippen LogP contribution in [0.3, 0.4) is 0 Å². The maximum Gasteiger partial charge on any atom is 0.287 e. The number of benzene rings is 2. The summed E-state index contributed by atoms with van der Waals surface area (Å²) in [6.45, 7) is 0.146. The minimum atomic E-state index is -0.518. The lowest BCUT2D eigenvalue weighted by atomic mass is 10.2. The van der Waals surface area contributed by atoms with Gasteiger partial charge in [0.05, 0.1) is 11.1 Å². The van der Waals surface area contributed by atoms with Crippen LogP contribution in [0.15, 0.2) is 72.0 Å². The van der Waals surface area contributed by atoms with Crippen molar-refractivity contribution in [3.8, 4) is 5.75 Å². The van der Waals surface area contributed by atoms with Crippen molar-refractivity contribution in [3.05, 3.63) is 93.9 Å². The van der Waals surface area contributed by atoms with E-state index in [1.807, 2.05) is 0 Å². The van der Waals surface area contributed by atoms with E-state index in [-0.39, 0.29) is 18.1 Å². The summed E-state index contributed by atoms with van der Waals surface area (Å²) < 4.78 is 19.1. The fourth-order valence-corrected chi connectivity index (χ4v) is 2.16. The zero-order chi connectivity index (χ0) is 19.1. The van der Waals surface area contributed by atoms with Gasteiger partial charge in [0.15, 0.2) is 0 Å². The molecule has 0 radical (unpaired) electrons. The van der Waals surface area contributed by atoms with E-state index in [2.05, 4.69) is 15.5 Å². The molecule has 7 nitrogen and oxygen atoms in total. The summed E-state index contributed by atoms with van der Waals surface area (Å²) in [6, 6.07) is 16.4. The van der Waals surface area contributed by atoms with E-state index < -0.39 is 4.92 Å². The van der Waals surface area contributed by atoms with Gasteiger partial charge in [0.2, 0.25) is 0 Å². The zero-order valence-electron chi connectivity index (χ0n) is 14.1. The number of ether oxygens (including phenoxy) is 1. The molecule has 3 aromatic rings. The Bertz CT molecular complexity index is 944. The largest absolute Gasteiger partial charge is 0.489 e. The Kier molecular flexibility index (Phi) is 5.68. The first-order valence-electron chi connectivity index (χ1n) is 7.97. The molecule has 0 spiro atoms. The number of anilines is 1. The SMILES string of the molecule is O=[N+]([O-])c1ccc(N/N=C\c2ccc(OCc3ccccc3F)cc2)nc1. The molecule has 136 valence electrons. The van der Waals surface area contributed by atoms with Gasteiger partial charge in [-0.2, -0.15) is 5.10 Å². The molecule has 0 aliphatic rings. The molecule has 0 fully saturated rings. The maximum atomic E-state index is 13.6. The number of rotatable bonds is 7. The smallest absolute Gasteiger partial charge is 0.287 e. The van der Waals surface area contributed by atoms with Crippen LogP contribution in [0.1, 0.15) is 11.1 Å². The molecule has 0 bridgehead atoms. The predicted octanol–water partition coefficient (Wildman–Crippen LogP) is 4.15. The van der Waals surface area contributed by atoms with Gasteiger partial charge in [0.25, 0.3) is 5.69 Å². The van der Waals surface area contributed by atoms with Crippen LogP contribution >= 0.6 is 0 Å². The summed E-state index contributed by atoms with van der Waals surface area (Å²) in [5.41, 5.74) is 3.90. The van der Waals surface area contributed by atoms with Crippen molar-refractivity contribution in [2.24, 2.45) is 5.10 Å². The van der Waals surface area contributed by atoms with Gasteiger partial charge in [-0.15, -0.1) is 0 Å². The highest BCUT2D eigenvalue weighted by Gasteiger charge is 2.04. The molecule has 8 heteroatoms. The molecule has 0 amide bonds. The molecule has 0 saturated heterocycles. The first-order chi connectivity index (χ1) is 13.1. The average Bonchev–Trinajstić information content (AvgIpc) is 2.69. The highest BCUT2D eigenvalue weighted by atomic mass is 19.1. The van der Waals surface area contributed by atoms with Gasteiger partial charge < -0.3 is 4.74 Å². The van der Waals surface area contributed by atoms with Gasteiger partial charge in [-0.1, -0.05) is 18.2 Å². The molecular weight excluding hydrogens is 351 g/mol. The molecule has 27 heavy (non-hydrogen) atoms. The van der Waals surface area contributed by atoms with Crippen LogP contribution < -0.4 is 10.2 Å². The summed E-state index contributed by atoms with van der Waals surface area (Å²) in [5.74, 6) is 0.703. The molecule has 0 aliphatic heterocycles. The van der Waals surface area contributed by atoms with Crippen LogP contribution in [0.5, 0.6) is 5.75 Å². The second-order valence-corrected chi connectivity index (χ2v) is 5.48. The van der Waals surface area contributed by atoms with E-state index in [4.69, 9.17) is 4.74 Å². The van der Waals surface area contributed by atoms with E-state index >= 15 is 0 Å². The minimum absolute atomic E-state index is 0.0875. The van der Waals surface area contributed by atoms with Crippen LogP contribution in [0.2, 0.25) is 0 Å². The first kappa shape index (κ1) is 18.0. The standard InChI is InChI=1S/C19H15FN4O3/c20-18-4-2-1-3-15(18)13-27-17-8-5-14(6-9-17)11-22-23-19-10-7-16(12-21-19)24(25)26/h1-12H,13H2,(H,21,23)/b22-11-. The van der Waals surface area contributed by atoms with Gasteiger partial charge in [0.1, 0.15) is 30.2 Å². The lowest BCUT2D eigenvalue weighted by molar-refractivity contribution is -0.385. The lowest BCUT2D eigenvalue weighted by Crippen LogP contribution is -1.98. The molecule has 2 aromatic carbocycles. The number of nitro groups is 1. The number of hydrazone groups is 1. The molecule has 1 heterocycles. The van der Waals surface area contributed by atoms with Gasteiger partial charge >= 0.3 is 0 Å². The molecule has 0 aliphatic carbocycles. The number of nitrogens with zero attached hydrogens (tertiary/aromatic N) is 3. The highest BCUT2D eigenvalue weighted by Crippen LogP contribution is 2.15. The Morgan fingerprint density at radius 3 is 2.59 bits per heavy atom. The van der Waals surface area contributed by atoms with Crippen molar-refractivity contribution in [3.63, 3.8) is 0 Å². The summed E-state index contributed by atoms with van der Waals surface area (Å²) in [6.07, 6.45) is 2.73. The highest BCUT2D eigenvalue weighted by molar-refractivity contribution is 5.80. The molecule has 3 rings (SSSR count). The number of halogens is 1. The van der Waals surface area contributed by atoms with E-state index in [0.717, 1.165) is 11.8 Å². The van der Waals surface area contributed by atoms with Crippen molar-refractivity contribution in [2.75, 3.05) is 5.43 Å². The zero-order valence-corrected chi connectivity index (χ0v) is 14.1. The Morgan fingerprint density at radius 1 is 1.15 bits per heavy atom. The quantitative estimate of drug-likeness (QED) is 0.385. The second kappa shape index (κ2) is 8.52. The Morgan fingerprint density at radius 2 is 1.93 bits per heavy atom. The fraction of sp³-hybridized carbons (Fsp3) is 0.0526. The Balaban J connectivity index is 1.53. The van der Waals surface area contributed by atoms with E-state index in [1.165, 1.54) is 18.2 Å². The molecule has 1 N–H and O–H groups in total. The van der Waals surface area contributed by atoms with Gasteiger partial charge in [-0.25, -0.2) is 9.37 Å². The molecule has 0 unspecified atom stereocenters. The van der Waals surface area contributed by atoms with E-state index in [1.54, 1.807) is 48.7 Å². The Hall–Kier alpha value is -3.81. The van der Waals surface area contributed by atoms with E-state index in [0.29, 0.717) is 17.1 Å².